The molecule has 0 atom stereocenters. The first-order chi connectivity index (χ1) is 10.8. The van der Waals surface area contributed by atoms with Crippen molar-refractivity contribution in [2.24, 2.45) is 0 Å². The third-order valence-corrected chi connectivity index (χ3v) is 3.73. The van der Waals surface area contributed by atoms with Gasteiger partial charge in [-0.15, -0.1) is 0 Å². The molecule has 7 heteroatoms. The first-order valence-electron chi connectivity index (χ1n) is 6.67. The van der Waals surface area contributed by atoms with Crippen molar-refractivity contribution in [3.63, 3.8) is 0 Å². The minimum atomic E-state index is -4.52. The van der Waals surface area contributed by atoms with E-state index in [4.69, 9.17) is 23.2 Å². The average Bonchev–Trinajstić information content (AvgIpc) is 2.46. The lowest BCUT2D eigenvalue weighted by Crippen LogP contribution is -2.16. The van der Waals surface area contributed by atoms with Gasteiger partial charge in [-0.1, -0.05) is 41.4 Å². The predicted octanol–water partition coefficient (Wildman–Crippen LogP) is 5.58. The van der Waals surface area contributed by atoms with E-state index < -0.39 is 17.6 Å². The van der Waals surface area contributed by atoms with Crippen LogP contribution in [-0.4, -0.2) is 5.91 Å². The summed E-state index contributed by atoms with van der Waals surface area (Å²) in [5, 5.41) is 3.18. The van der Waals surface area contributed by atoms with Crippen LogP contribution in [0.3, 0.4) is 0 Å². The van der Waals surface area contributed by atoms with Gasteiger partial charge < -0.3 is 5.32 Å². The second kappa shape index (κ2) is 7.23. The number of benzene rings is 2. The summed E-state index contributed by atoms with van der Waals surface area (Å²) in [5.41, 5.74) is -0.430. The van der Waals surface area contributed by atoms with E-state index in [1.54, 1.807) is 18.2 Å². The Morgan fingerprint density at radius 2 is 1.78 bits per heavy atom. The maximum atomic E-state index is 12.9. The summed E-state index contributed by atoms with van der Waals surface area (Å²) in [5.74, 6) is -0.521. The quantitative estimate of drug-likeness (QED) is 0.756. The summed E-state index contributed by atoms with van der Waals surface area (Å²) in [7, 11) is 0. The van der Waals surface area contributed by atoms with E-state index in [2.05, 4.69) is 5.32 Å². The number of halogens is 5. The van der Waals surface area contributed by atoms with E-state index in [9.17, 15) is 18.0 Å². The molecule has 0 aliphatic rings. The highest BCUT2D eigenvalue weighted by atomic mass is 35.5. The second-order valence-electron chi connectivity index (χ2n) is 4.83. The smallest absolute Gasteiger partial charge is 0.325 e. The van der Waals surface area contributed by atoms with Crippen molar-refractivity contribution < 1.29 is 18.0 Å². The maximum absolute atomic E-state index is 12.9. The van der Waals surface area contributed by atoms with Crippen molar-refractivity contribution >= 4 is 34.8 Å². The molecule has 0 aromatic heterocycles. The summed E-state index contributed by atoms with van der Waals surface area (Å²) in [6.45, 7) is 0. The van der Waals surface area contributed by atoms with Crippen molar-refractivity contribution in [3.8, 4) is 0 Å². The van der Waals surface area contributed by atoms with Crippen LogP contribution in [0.2, 0.25) is 10.0 Å². The number of carbonyl (C=O) groups excluding carboxylic acids is 1. The van der Waals surface area contributed by atoms with Crippen molar-refractivity contribution in [2.75, 3.05) is 5.32 Å². The Labute approximate surface area is 141 Å². The Morgan fingerprint density at radius 1 is 1.09 bits per heavy atom. The number of nitrogens with one attached hydrogen (secondary N) is 1. The third kappa shape index (κ3) is 4.88. The van der Waals surface area contributed by atoms with Gasteiger partial charge in [-0.3, -0.25) is 4.79 Å². The minimum absolute atomic E-state index is 0.00748. The molecule has 0 unspecified atom stereocenters. The lowest BCUT2D eigenvalue weighted by molar-refractivity contribution is -0.137. The van der Waals surface area contributed by atoms with Crippen molar-refractivity contribution in [2.45, 2.75) is 19.0 Å². The van der Waals surface area contributed by atoms with Crippen molar-refractivity contribution in [3.05, 3.63) is 63.6 Å². The zero-order valence-electron chi connectivity index (χ0n) is 11.8. The Kier molecular flexibility index (Phi) is 5.55. The first kappa shape index (κ1) is 17.6. The average molecular weight is 362 g/mol. The number of amides is 1. The van der Waals surface area contributed by atoms with Gasteiger partial charge in [0.05, 0.1) is 11.3 Å². The number of para-hydroxylation sites is 1. The Bertz CT molecular complexity index is 717. The van der Waals surface area contributed by atoms with E-state index in [-0.39, 0.29) is 12.1 Å². The highest BCUT2D eigenvalue weighted by Gasteiger charge is 2.33. The van der Waals surface area contributed by atoms with E-state index >= 15 is 0 Å². The van der Waals surface area contributed by atoms with Crippen LogP contribution in [0.1, 0.15) is 17.5 Å². The lowest BCUT2D eigenvalue weighted by atomic mass is 10.1. The molecule has 23 heavy (non-hydrogen) atoms. The van der Waals surface area contributed by atoms with Crippen molar-refractivity contribution in [1.82, 2.24) is 0 Å². The zero-order chi connectivity index (χ0) is 17.0. The second-order valence-corrected chi connectivity index (χ2v) is 5.67. The van der Waals surface area contributed by atoms with Crippen LogP contribution in [0.4, 0.5) is 18.9 Å². The molecule has 122 valence electrons. The normalized spacial score (nSPS) is 11.3. The molecule has 0 aliphatic heterocycles. The summed E-state index contributed by atoms with van der Waals surface area (Å²) < 4.78 is 38.6. The summed E-state index contributed by atoms with van der Waals surface area (Å²) in [6.07, 6.45) is -4.22. The van der Waals surface area contributed by atoms with E-state index in [0.29, 0.717) is 22.0 Å². The van der Waals surface area contributed by atoms with E-state index in [1.807, 2.05) is 0 Å². The third-order valence-electron chi connectivity index (χ3n) is 3.14. The van der Waals surface area contributed by atoms with Gasteiger partial charge in [-0.05, 0) is 36.2 Å². The van der Waals surface area contributed by atoms with Gasteiger partial charge >= 0.3 is 6.18 Å². The van der Waals surface area contributed by atoms with Gasteiger partial charge in [0.2, 0.25) is 5.91 Å². The van der Waals surface area contributed by atoms with E-state index in [1.165, 1.54) is 18.2 Å². The van der Waals surface area contributed by atoms with Gasteiger partial charge in [0.25, 0.3) is 0 Å². The predicted molar refractivity (Wildman–Crippen MR) is 84.9 cm³/mol. The van der Waals surface area contributed by atoms with Gasteiger partial charge in [-0.25, -0.2) is 0 Å². The van der Waals surface area contributed by atoms with Crippen LogP contribution in [0.15, 0.2) is 42.5 Å². The fourth-order valence-corrected chi connectivity index (χ4v) is 2.53. The molecule has 2 aromatic rings. The Morgan fingerprint density at radius 3 is 2.43 bits per heavy atom. The fourth-order valence-electron chi connectivity index (χ4n) is 2.02. The van der Waals surface area contributed by atoms with Crippen LogP contribution < -0.4 is 5.32 Å². The number of hydrogen-bond donors (Lipinski definition) is 1. The van der Waals surface area contributed by atoms with Crippen molar-refractivity contribution in [1.29, 1.82) is 0 Å². The monoisotopic (exact) mass is 361 g/mol. The van der Waals surface area contributed by atoms with Gasteiger partial charge in [0.15, 0.2) is 0 Å². The van der Waals surface area contributed by atoms with Crippen LogP contribution in [0.25, 0.3) is 0 Å². The standard InChI is InChI=1S/C16H12Cl2F3NO/c17-11-7-5-10(13(18)9-11)6-8-15(23)22-14-4-2-1-3-12(14)16(19,20)21/h1-5,7,9H,6,8H2,(H,22,23). The first-order valence-corrected chi connectivity index (χ1v) is 7.43. The number of rotatable bonds is 4. The molecule has 1 amide bonds. The molecule has 0 saturated heterocycles. The van der Waals surface area contributed by atoms with Gasteiger partial charge in [-0.2, -0.15) is 13.2 Å². The highest BCUT2D eigenvalue weighted by Crippen LogP contribution is 2.34. The van der Waals surface area contributed by atoms with Crippen LogP contribution >= 0.6 is 23.2 Å². The number of carbonyl (C=O) groups is 1. The number of hydrogen-bond acceptors (Lipinski definition) is 1. The molecule has 0 spiro atoms. The highest BCUT2D eigenvalue weighted by molar-refractivity contribution is 6.35. The number of anilines is 1. The molecule has 0 bridgehead atoms. The topological polar surface area (TPSA) is 29.1 Å². The molecular formula is C16H12Cl2F3NO. The maximum Gasteiger partial charge on any atom is 0.418 e. The molecule has 2 aromatic carbocycles. The van der Waals surface area contributed by atoms with Gasteiger partial charge in [0.1, 0.15) is 0 Å². The van der Waals surface area contributed by atoms with Crippen LogP contribution in [-0.2, 0) is 17.4 Å². The number of alkyl halides is 3. The van der Waals surface area contributed by atoms with Crippen LogP contribution in [0.5, 0.6) is 0 Å². The molecule has 0 aliphatic carbocycles. The summed E-state index contributed by atoms with van der Waals surface area (Å²) in [6, 6.07) is 9.71. The molecule has 2 nitrogen and oxygen atoms in total. The molecule has 0 saturated carbocycles. The molecule has 0 radical (unpaired) electrons. The summed E-state index contributed by atoms with van der Waals surface area (Å²) >= 11 is 11.8. The lowest BCUT2D eigenvalue weighted by Gasteiger charge is -2.13. The van der Waals surface area contributed by atoms with Gasteiger partial charge in [0, 0.05) is 16.5 Å². The largest absolute Gasteiger partial charge is 0.418 e. The zero-order valence-corrected chi connectivity index (χ0v) is 13.3. The Hall–Kier alpha value is -1.72. The minimum Gasteiger partial charge on any atom is -0.325 e. The van der Waals surface area contributed by atoms with Crippen LogP contribution in [0, 0.1) is 0 Å². The summed E-state index contributed by atoms with van der Waals surface area (Å²) in [4.78, 5) is 11.9. The molecule has 1 N–H and O–H groups in total. The SMILES string of the molecule is O=C(CCc1ccc(Cl)cc1Cl)Nc1ccccc1C(F)(F)F. The molecular weight excluding hydrogens is 350 g/mol. The van der Waals surface area contributed by atoms with E-state index in [0.717, 1.165) is 6.07 Å². The number of aryl methyl sites for hydroxylation is 1. The molecule has 0 heterocycles. The Balaban J connectivity index is 2.03. The molecule has 2 rings (SSSR count). The molecule has 0 fully saturated rings. The fraction of sp³-hybridized carbons (Fsp3) is 0.188.